The van der Waals surface area contributed by atoms with E-state index >= 15 is 0 Å². The van der Waals surface area contributed by atoms with Gasteiger partial charge in [0.05, 0.1) is 0 Å². The van der Waals surface area contributed by atoms with Crippen molar-refractivity contribution >= 4 is 5.91 Å². The van der Waals surface area contributed by atoms with Crippen LogP contribution in [-0.4, -0.2) is 11.0 Å². The number of carbonyl (C=O) groups excluding carboxylic acids is 1. The Bertz CT molecular complexity index is 592. The van der Waals surface area contributed by atoms with Crippen molar-refractivity contribution in [3.05, 3.63) is 65.7 Å². The molecule has 1 aliphatic rings. The fourth-order valence-electron chi connectivity index (χ4n) is 2.49. The molecule has 2 N–H and O–H groups in total. The van der Waals surface area contributed by atoms with E-state index in [9.17, 15) is 9.90 Å². The van der Waals surface area contributed by atoms with E-state index in [1.54, 1.807) is 12.1 Å². The van der Waals surface area contributed by atoms with Crippen molar-refractivity contribution in [2.75, 3.05) is 0 Å². The van der Waals surface area contributed by atoms with Gasteiger partial charge in [-0.05, 0) is 35.6 Å². The van der Waals surface area contributed by atoms with Gasteiger partial charge < -0.3 is 10.4 Å². The zero-order valence-electron chi connectivity index (χ0n) is 11.1. The first-order valence-corrected chi connectivity index (χ1v) is 6.84. The van der Waals surface area contributed by atoms with Crippen LogP contribution in [0.2, 0.25) is 0 Å². The number of rotatable bonds is 4. The number of amides is 1. The molecule has 0 spiro atoms. The van der Waals surface area contributed by atoms with Gasteiger partial charge >= 0.3 is 0 Å². The lowest BCUT2D eigenvalue weighted by Gasteiger charge is -2.05. The number of carbonyl (C=O) groups is 1. The van der Waals surface area contributed by atoms with E-state index in [2.05, 4.69) is 17.4 Å². The Morgan fingerprint density at radius 1 is 1.10 bits per heavy atom. The Kier molecular flexibility index (Phi) is 3.42. The molecule has 1 saturated carbocycles. The highest BCUT2D eigenvalue weighted by atomic mass is 16.3. The second-order valence-corrected chi connectivity index (χ2v) is 5.24. The molecule has 0 heterocycles. The van der Waals surface area contributed by atoms with E-state index in [1.807, 2.05) is 30.3 Å². The zero-order chi connectivity index (χ0) is 13.9. The van der Waals surface area contributed by atoms with Crippen molar-refractivity contribution in [3.8, 4) is 5.75 Å². The molecule has 3 heteroatoms. The molecule has 3 rings (SSSR count). The van der Waals surface area contributed by atoms with Gasteiger partial charge in [0.1, 0.15) is 5.75 Å². The lowest BCUT2D eigenvalue weighted by Crippen LogP contribution is -2.24. The van der Waals surface area contributed by atoms with Gasteiger partial charge in [-0.25, -0.2) is 0 Å². The number of benzene rings is 2. The maximum absolute atomic E-state index is 12.1. The van der Waals surface area contributed by atoms with Gasteiger partial charge in [0.15, 0.2) is 0 Å². The van der Waals surface area contributed by atoms with Crippen molar-refractivity contribution in [1.29, 1.82) is 0 Å². The molecule has 2 atom stereocenters. The highest BCUT2D eigenvalue weighted by molar-refractivity contribution is 5.82. The molecule has 20 heavy (non-hydrogen) atoms. The van der Waals surface area contributed by atoms with Gasteiger partial charge in [-0.2, -0.15) is 0 Å². The quantitative estimate of drug-likeness (QED) is 0.895. The summed E-state index contributed by atoms with van der Waals surface area (Å²) >= 11 is 0. The second-order valence-electron chi connectivity index (χ2n) is 5.24. The maximum atomic E-state index is 12.1. The number of nitrogens with one attached hydrogen (secondary N) is 1. The van der Waals surface area contributed by atoms with E-state index < -0.39 is 0 Å². The third kappa shape index (κ3) is 2.82. The highest BCUT2D eigenvalue weighted by Gasteiger charge is 2.43. The van der Waals surface area contributed by atoms with Crippen LogP contribution in [0.4, 0.5) is 0 Å². The molecule has 0 bridgehead atoms. The molecule has 0 aliphatic heterocycles. The van der Waals surface area contributed by atoms with E-state index in [0.717, 1.165) is 12.0 Å². The summed E-state index contributed by atoms with van der Waals surface area (Å²) in [5.41, 5.74) is 2.24. The zero-order valence-corrected chi connectivity index (χ0v) is 11.1. The largest absolute Gasteiger partial charge is 0.508 e. The summed E-state index contributed by atoms with van der Waals surface area (Å²) in [6.07, 6.45) is 0.936. The van der Waals surface area contributed by atoms with Crippen molar-refractivity contribution in [2.24, 2.45) is 5.92 Å². The van der Waals surface area contributed by atoms with E-state index in [-0.39, 0.29) is 17.6 Å². The first kappa shape index (κ1) is 12.7. The van der Waals surface area contributed by atoms with Crippen LogP contribution < -0.4 is 5.32 Å². The number of phenols is 1. The smallest absolute Gasteiger partial charge is 0.224 e. The summed E-state index contributed by atoms with van der Waals surface area (Å²) in [6, 6.07) is 17.1. The highest BCUT2D eigenvalue weighted by Crippen LogP contribution is 2.47. The molecule has 3 nitrogen and oxygen atoms in total. The van der Waals surface area contributed by atoms with Gasteiger partial charge in [-0.1, -0.05) is 42.5 Å². The summed E-state index contributed by atoms with van der Waals surface area (Å²) in [5, 5.41) is 12.2. The maximum Gasteiger partial charge on any atom is 0.224 e. The van der Waals surface area contributed by atoms with Gasteiger partial charge in [0, 0.05) is 12.5 Å². The second kappa shape index (κ2) is 5.37. The topological polar surface area (TPSA) is 49.3 Å². The molecular formula is C17H17NO2. The van der Waals surface area contributed by atoms with Crippen molar-refractivity contribution in [1.82, 2.24) is 5.32 Å². The van der Waals surface area contributed by atoms with Crippen LogP contribution in [-0.2, 0) is 11.3 Å². The van der Waals surface area contributed by atoms with Crippen LogP contribution >= 0.6 is 0 Å². The minimum atomic E-state index is 0.106. The first-order valence-electron chi connectivity index (χ1n) is 6.84. The Morgan fingerprint density at radius 3 is 2.50 bits per heavy atom. The molecule has 0 saturated heterocycles. The van der Waals surface area contributed by atoms with Crippen LogP contribution in [0.1, 0.15) is 23.5 Å². The molecule has 0 aromatic heterocycles. The Labute approximate surface area is 118 Å². The Balaban J connectivity index is 1.53. The van der Waals surface area contributed by atoms with Crippen LogP contribution in [0.3, 0.4) is 0 Å². The SMILES string of the molecule is O=C(NCc1ccc(O)cc1)C1CC1c1ccccc1. The van der Waals surface area contributed by atoms with Crippen LogP contribution in [0.5, 0.6) is 5.75 Å². The van der Waals surface area contributed by atoms with E-state index in [0.29, 0.717) is 12.5 Å². The van der Waals surface area contributed by atoms with Crippen LogP contribution in [0.15, 0.2) is 54.6 Å². The summed E-state index contributed by atoms with van der Waals surface area (Å²) in [6.45, 7) is 0.511. The van der Waals surface area contributed by atoms with Crippen molar-refractivity contribution in [2.45, 2.75) is 18.9 Å². The minimum Gasteiger partial charge on any atom is -0.508 e. The molecule has 1 aliphatic carbocycles. The molecule has 2 aromatic rings. The molecule has 1 amide bonds. The van der Waals surface area contributed by atoms with Gasteiger partial charge in [-0.3, -0.25) is 4.79 Å². The number of aromatic hydroxyl groups is 1. The van der Waals surface area contributed by atoms with E-state index in [1.165, 1.54) is 5.56 Å². The monoisotopic (exact) mass is 267 g/mol. The average Bonchev–Trinajstić information content (AvgIpc) is 3.28. The number of hydrogen-bond acceptors (Lipinski definition) is 2. The summed E-state index contributed by atoms with van der Waals surface area (Å²) in [5.74, 6) is 0.837. The Morgan fingerprint density at radius 2 is 1.80 bits per heavy atom. The third-order valence-electron chi connectivity index (χ3n) is 3.76. The predicted octanol–water partition coefficient (Wildman–Crippen LogP) is 2.81. The van der Waals surface area contributed by atoms with Gasteiger partial charge in [0.25, 0.3) is 0 Å². The molecular weight excluding hydrogens is 250 g/mol. The third-order valence-corrected chi connectivity index (χ3v) is 3.76. The summed E-state index contributed by atoms with van der Waals surface area (Å²) in [4.78, 5) is 12.1. The Hall–Kier alpha value is -2.29. The lowest BCUT2D eigenvalue weighted by atomic mass is 10.1. The van der Waals surface area contributed by atoms with Gasteiger partial charge in [-0.15, -0.1) is 0 Å². The number of hydrogen-bond donors (Lipinski definition) is 2. The van der Waals surface area contributed by atoms with Crippen LogP contribution in [0.25, 0.3) is 0 Å². The summed E-state index contributed by atoms with van der Waals surface area (Å²) in [7, 11) is 0. The fourth-order valence-corrected chi connectivity index (χ4v) is 2.49. The van der Waals surface area contributed by atoms with Crippen molar-refractivity contribution < 1.29 is 9.90 Å². The van der Waals surface area contributed by atoms with Gasteiger partial charge in [0.2, 0.25) is 5.91 Å². The van der Waals surface area contributed by atoms with Crippen molar-refractivity contribution in [3.63, 3.8) is 0 Å². The molecule has 2 aromatic carbocycles. The van der Waals surface area contributed by atoms with E-state index in [4.69, 9.17) is 0 Å². The lowest BCUT2D eigenvalue weighted by molar-refractivity contribution is -0.122. The molecule has 0 radical (unpaired) electrons. The van der Waals surface area contributed by atoms with Crippen LogP contribution in [0, 0.1) is 5.92 Å². The fraction of sp³-hybridized carbons (Fsp3) is 0.235. The summed E-state index contributed by atoms with van der Waals surface area (Å²) < 4.78 is 0. The average molecular weight is 267 g/mol. The first-order chi connectivity index (χ1) is 9.74. The standard InChI is InChI=1S/C17H17NO2/c19-14-8-6-12(7-9-14)11-18-17(20)16-10-15(16)13-4-2-1-3-5-13/h1-9,15-16,19H,10-11H2,(H,18,20). The number of phenolic OH excluding ortho intramolecular Hbond substituents is 1. The predicted molar refractivity (Wildman–Crippen MR) is 77.2 cm³/mol. The normalized spacial score (nSPS) is 20.4. The minimum absolute atomic E-state index is 0.106. The molecule has 1 fully saturated rings. The molecule has 102 valence electrons. The molecule has 2 unspecified atom stereocenters.